The quantitative estimate of drug-likeness (QED) is 0.811. The maximum Gasteiger partial charge on any atom is 0.407 e. The summed E-state index contributed by atoms with van der Waals surface area (Å²) in [6.45, 7) is 7.57. The Balaban J connectivity index is 1.75. The van der Waals surface area contributed by atoms with Crippen molar-refractivity contribution in [2.45, 2.75) is 32.8 Å². The van der Waals surface area contributed by atoms with E-state index in [1.54, 1.807) is 30.6 Å². The van der Waals surface area contributed by atoms with Crippen molar-refractivity contribution in [2.24, 2.45) is 0 Å². The number of nitrogens with one attached hydrogen (secondary N) is 1. The molecule has 1 aromatic carbocycles. The minimum atomic E-state index is -0.566. The van der Waals surface area contributed by atoms with Crippen LogP contribution in [0.15, 0.2) is 24.3 Å². The number of carbonyl (C=O) groups is 3. The van der Waals surface area contributed by atoms with E-state index in [9.17, 15) is 14.4 Å². The Morgan fingerprint density at radius 1 is 1.00 bits per heavy atom. The second-order valence-electron chi connectivity index (χ2n) is 8.29. The highest BCUT2D eigenvalue weighted by Crippen LogP contribution is 2.15. The minimum absolute atomic E-state index is 0.0194. The molecule has 1 fully saturated rings. The van der Waals surface area contributed by atoms with Crippen molar-refractivity contribution in [1.82, 2.24) is 15.1 Å². The molecule has 0 radical (unpaired) electrons. The molecule has 1 heterocycles. The number of nitrogens with zero attached hydrogens (tertiary/aromatic N) is 3. The molecule has 1 aliphatic heterocycles. The monoisotopic (exact) mass is 404 g/mol. The number of anilines is 1. The van der Waals surface area contributed by atoms with Gasteiger partial charge in [-0.25, -0.2) is 4.79 Å². The standard InChI is InChI=1S/C21H32N4O4/c1-21(2,3)29-20(28)22-11-10-18(26)24-12-14-25(15-13-24)19(27)16-6-8-17(9-7-16)23(4)5/h6-9H,10-15H2,1-5H3,(H,22,28). The largest absolute Gasteiger partial charge is 0.444 e. The zero-order chi connectivity index (χ0) is 21.6. The molecule has 0 aliphatic carbocycles. The van der Waals surface area contributed by atoms with E-state index in [-0.39, 0.29) is 24.8 Å². The molecular weight excluding hydrogens is 372 g/mol. The SMILES string of the molecule is CN(C)c1ccc(C(=O)N2CCN(C(=O)CCNC(=O)OC(C)(C)C)CC2)cc1. The maximum atomic E-state index is 12.7. The molecule has 0 spiro atoms. The Kier molecular flexibility index (Phi) is 7.47. The van der Waals surface area contributed by atoms with Gasteiger partial charge in [-0.05, 0) is 45.0 Å². The highest BCUT2D eigenvalue weighted by molar-refractivity contribution is 5.94. The molecule has 0 aromatic heterocycles. The van der Waals surface area contributed by atoms with E-state index in [1.807, 2.05) is 43.3 Å². The molecule has 0 atom stereocenters. The van der Waals surface area contributed by atoms with Crippen molar-refractivity contribution in [3.05, 3.63) is 29.8 Å². The number of ether oxygens (including phenoxy) is 1. The molecule has 160 valence electrons. The summed E-state index contributed by atoms with van der Waals surface area (Å²) in [5.41, 5.74) is 1.12. The average molecular weight is 405 g/mol. The molecule has 1 saturated heterocycles. The van der Waals surface area contributed by atoms with E-state index >= 15 is 0 Å². The van der Waals surface area contributed by atoms with Gasteiger partial charge in [-0.1, -0.05) is 0 Å². The zero-order valence-corrected chi connectivity index (χ0v) is 18.0. The Hall–Kier alpha value is -2.77. The molecule has 1 N–H and O–H groups in total. The smallest absolute Gasteiger partial charge is 0.407 e. The van der Waals surface area contributed by atoms with Crippen molar-refractivity contribution in [2.75, 3.05) is 51.7 Å². The van der Waals surface area contributed by atoms with Gasteiger partial charge in [0.15, 0.2) is 0 Å². The van der Waals surface area contributed by atoms with E-state index in [0.717, 1.165) is 5.69 Å². The van der Waals surface area contributed by atoms with Crippen LogP contribution >= 0.6 is 0 Å². The van der Waals surface area contributed by atoms with Crippen LogP contribution in [-0.4, -0.2) is 80.1 Å². The average Bonchev–Trinajstić information content (AvgIpc) is 2.66. The van der Waals surface area contributed by atoms with Gasteiger partial charge in [0.1, 0.15) is 5.60 Å². The second kappa shape index (κ2) is 9.62. The first-order chi connectivity index (χ1) is 13.6. The molecule has 8 heteroatoms. The first-order valence-electron chi connectivity index (χ1n) is 9.88. The summed E-state index contributed by atoms with van der Waals surface area (Å²) in [6, 6.07) is 7.50. The molecule has 2 rings (SSSR count). The molecule has 0 unspecified atom stereocenters. The highest BCUT2D eigenvalue weighted by atomic mass is 16.6. The number of amides is 3. The van der Waals surface area contributed by atoms with Gasteiger partial charge in [-0.3, -0.25) is 9.59 Å². The number of benzene rings is 1. The lowest BCUT2D eigenvalue weighted by Gasteiger charge is -2.35. The summed E-state index contributed by atoms with van der Waals surface area (Å²) < 4.78 is 5.15. The number of hydrogen-bond donors (Lipinski definition) is 1. The molecule has 29 heavy (non-hydrogen) atoms. The van der Waals surface area contributed by atoms with Crippen molar-refractivity contribution < 1.29 is 19.1 Å². The van der Waals surface area contributed by atoms with Gasteiger partial charge in [0.25, 0.3) is 5.91 Å². The Labute approximate surface area is 172 Å². The number of hydrogen-bond acceptors (Lipinski definition) is 5. The van der Waals surface area contributed by atoms with Crippen LogP contribution in [0.1, 0.15) is 37.6 Å². The summed E-state index contributed by atoms with van der Waals surface area (Å²) >= 11 is 0. The van der Waals surface area contributed by atoms with Crippen LogP contribution < -0.4 is 10.2 Å². The molecule has 0 bridgehead atoms. The van der Waals surface area contributed by atoms with Crippen LogP contribution in [0.3, 0.4) is 0 Å². The molecule has 3 amide bonds. The number of carbonyl (C=O) groups excluding carboxylic acids is 3. The van der Waals surface area contributed by atoms with Crippen molar-refractivity contribution in [1.29, 1.82) is 0 Å². The zero-order valence-electron chi connectivity index (χ0n) is 18.0. The van der Waals surface area contributed by atoms with E-state index in [1.165, 1.54) is 0 Å². The third kappa shape index (κ3) is 6.96. The number of alkyl carbamates (subject to hydrolysis) is 1. The third-order valence-electron chi connectivity index (χ3n) is 4.56. The normalized spacial score (nSPS) is 14.4. The first kappa shape index (κ1) is 22.5. The van der Waals surface area contributed by atoms with Gasteiger partial charge >= 0.3 is 6.09 Å². The Morgan fingerprint density at radius 3 is 2.07 bits per heavy atom. The van der Waals surface area contributed by atoms with Crippen molar-refractivity contribution in [3.8, 4) is 0 Å². The fraction of sp³-hybridized carbons (Fsp3) is 0.571. The summed E-state index contributed by atoms with van der Waals surface area (Å²) in [5.74, 6) is -0.0579. The van der Waals surface area contributed by atoms with Crippen LogP contribution in [0.25, 0.3) is 0 Å². The molecule has 1 aromatic rings. The number of rotatable bonds is 5. The van der Waals surface area contributed by atoms with Crippen LogP contribution in [0.5, 0.6) is 0 Å². The van der Waals surface area contributed by atoms with E-state index in [0.29, 0.717) is 31.7 Å². The van der Waals surface area contributed by atoms with Gasteiger partial charge in [-0.2, -0.15) is 0 Å². The van der Waals surface area contributed by atoms with Gasteiger partial charge < -0.3 is 24.8 Å². The first-order valence-corrected chi connectivity index (χ1v) is 9.88. The molecular formula is C21H32N4O4. The highest BCUT2D eigenvalue weighted by Gasteiger charge is 2.25. The minimum Gasteiger partial charge on any atom is -0.444 e. The molecule has 8 nitrogen and oxygen atoms in total. The van der Waals surface area contributed by atoms with Gasteiger partial charge in [0, 0.05) is 64.5 Å². The predicted molar refractivity (Wildman–Crippen MR) is 112 cm³/mol. The van der Waals surface area contributed by atoms with Gasteiger partial charge in [0.2, 0.25) is 5.91 Å². The van der Waals surface area contributed by atoms with Crippen LogP contribution in [0.4, 0.5) is 10.5 Å². The Morgan fingerprint density at radius 2 is 1.55 bits per heavy atom. The third-order valence-corrected chi connectivity index (χ3v) is 4.56. The fourth-order valence-electron chi connectivity index (χ4n) is 2.99. The van der Waals surface area contributed by atoms with Crippen molar-refractivity contribution >= 4 is 23.6 Å². The van der Waals surface area contributed by atoms with Crippen LogP contribution in [-0.2, 0) is 9.53 Å². The molecule has 0 saturated carbocycles. The van der Waals surface area contributed by atoms with E-state index < -0.39 is 11.7 Å². The lowest BCUT2D eigenvalue weighted by atomic mass is 10.1. The van der Waals surface area contributed by atoms with E-state index in [4.69, 9.17) is 4.74 Å². The predicted octanol–water partition coefficient (Wildman–Crippen LogP) is 1.95. The second-order valence-corrected chi connectivity index (χ2v) is 8.29. The summed E-state index contributed by atoms with van der Waals surface area (Å²) in [6.07, 6.45) is -0.319. The summed E-state index contributed by atoms with van der Waals surface area (Å²) in [5, 5.41) is 2.59. The lowest BCUT2D eigenvalue weighted by Crippen LogP contribution is -2.51. The molecule has 1 aliphatic rings. The Bertz CT molecular complexity index is 717. The van der Waals surface area contributed by atoms with Gasteiger partial charge in [0.05, 0.1) is 0 Å². The van der Waals surface area contributed by atoms with E-state index in [2.05, 4.69) is 5.32 Å². The lowest BCUT2D eigenvalue weighted by molar-refractivity contribution is -0.132. The number of piperazine rings is 1. The fourth-order valence-corrected chi connectivity index (χ4v) is 2.99. The van der Waals surface area contributed by atoms with Crippen LogP contribution in [0.2, 0.25) is 0 Å². The van der Waals surface area contributed by atoms with Crippen molar-refractivity contribution in [3.63, 3.8) is 0 Å². The summed E-state index contributed by atoms with van der Waals surface area (Å²) in [7, 11) is 3.91. The summed E-state index contributed by atoms with van der Waals surface area (Å²) in [4.78, 5) is 42.1. The maximum absolute atomic E-state index is 12.7. The van der Waals surface area contributed by atoms with Gasteiger partial charge in [-0.15, -0.1) is 0 Å². The topological polar surface area (TPSA) is 82.2 Å². The van der Waals surface area contributed by atoms with Crippen LogP contribution in [0, 0.1) is 0 Å².